The van der Waals surface area contributed by atoms with E-state index in [2.05, 4.69) is 54.5 Å². The third-order valence-electron chi connectivity index (χ3n) is 13.4. The molecule has 9 atom stereocenters. The van der Waals surface area contributed by atoms with Crippen LogP contribution in [-0.4, -0.2) is 17.9 Å². The van der Waals surface area contributed by atoms with E-state index in [4.69, 9.17) is 4.74 Å². The fraction of sp³-hybridized carbons (Fsp3) is 0.867. The minimum Gasteiger partial charge on any atom is -0.461 e. The average Bonchev–Trinajstić information content (AvgIpc) is 3.00. The molecule has 1 saturated heterocycles. The summed E-state index contributed by atoms with van der Waals surface area (Å²) in [7, 11) is 0. The number of ether oxygens (including phenoxy) is 1. The second-order valence-corrected chi connectivity index (χ2v) is 14.9. The Balaban J connectivity index is 1.44. The number of Topliss-reactive ketones (excluding diaryl/α,β-unsaturated/α-hetero) is 1. The summed E-state index contributed by atoms with van der Waals surface area (Å²) in [4.78, 5) is 25.7. The number of hydrogen-bond acceptors (Lipinski definition) is 3. The Labute approximate surface area is 200 Å². The van der Waals surface area contributed by atoms with Crippen molar-refractivity contribution in [3.8, 4) is 0 Å². The molecule has 6 aliphatic rings. The topological polar surface area (TPSA) is 43.4 Å². The van der Waals surface area contributed by atoms with Gasteiger partial charge in [0.05, 0.1) is 5.41 Å². The van der Waals surface area contributed by atoms with Crippen LogP contribution in [-0.2, 0) is 14.3 Å². The summed E-state index contributed by atoms with van der Waals surface area (Å²) >= 11 is 0. The number of carbonyl (C=O) groups excluding carboxylic acids is 2. The molecule has 3 heteroatoms. The molecular weight excluding hydrogens is 408 g/mol. The van der Waals surface area contributed by atoms with Crippen LogP contribution < -0.4 is 0 Å². The van der Waals surface area contributed by atoms with E-state index in [9.17, 15) is 9.59 Å². The molecule has 0 N–H and O–H groups in total. The van der Waals surface area contributed by atoms with Crippen molar-refractivity contribution in [2.75, 3.05) is 0 Å². The third-order valence-corrected chi connectivity index (χ3v) is 13.4. The van der Waals surface area contributed by atoms with Gasteiger partial charge >= 0.3 is 5.97 Å². The molecule has 3 nitrogen and oxygen atoms in total. The van der Waals surface area contributed by atoms with Crippen LogP contribution in [0.5, 0.6) is 0 Å². The van der Waals surface area contributed by atoms with Crippen LogP contribution in [0, 0.1) is 50.2 Å². The molecule has 182 valence electrons. The predicted molar refractivity (Wildman–Crippen MR) is 129 cm³/mol. The zero-order valence-corrected chi connectivity index (χ0v) is 22.0. The maximum Gasteiger partial charge on any atom is 0.312 e. The van der Waals surface area contributed by atoms with Crippen LogP contribution in [0.4, 0.5) is 0 Å². The van der Waals surface area contributed by atoms with Gasteiger partial charge in [-0.05, 0) is 85.9 Å². The summed E-state index contributed by atoms with van der Waals surface area (Å²) in [5.74, 6) is 2.11. The van der Waals surface area contributed by atoms with Crippen molar-refractivity contribution in [1.29, 1.82) is 0 Å². The SMILES string of the molecule is CC1(C)C(=O)CC[C@]2(C)[C@H]3CC=C4[C@@H]5C[C@]6(C)C[C@@H](OC6=O)[C@]5(C)CC[C@@]4(C)[C@]3(C)CC[C@@H]12. The van der Waals surface area contributed by atoms with Crippen LogP contribution in [0.2, 0.25) is 0 Å². The highest BCUT2D eigenvalue weighted by molar-refractivity contribution is 5.85. The quantitative estimate of drug-likeness (QED) is 0.297. The Hall–Kier alpha value is -1.12. The van der Waals surface area contributed by atoms with Crippen molar-refractivity contribution in [2.24, 2.45) is 50.2 Å². The van der Waals surface area contributed by atoms with Crippen molar-refractivity contribution in [2.45, 2.75) is 112 Å². The molecule has 2 bridgehead atoms. The number of rotatable bonds is 0. The molecule has 0 aromatic rings. The highest BCUT2D eigenvalue weighted by atomic mass is 16.6. The lowest BCUT2D eigenvalue weighted by molar-refractivity contribution is -0.186. The Morgan fingerprint density at radius 3 is 2.30 bits per heavy atom. The average molecular weight is 453 g/mol. The Morgan fingerprint density at radius 1 is 0.848 bits per heavy atom. The van der Waals surface area contributed by atoms with Crippen LogP contribution in [0.3, 0.4) is 0 Å². The van der Waals surface area contributed by atoms with Gasteiger partial charge in [0.2, 0.25) is 0 Å². The first-order chi connectivity index (χ1) is 15.2. The van der Waals surface area contributed by atoms with E-state index in [-0.39, 0.29) is 44.6 Å². The van der Waals surface area contributed by atoms with Crippen molar-refractivity contribution >= 4 is 11.8 Å². The van der Waals surface area contributed by atoms with Gasteiger partial charge in [-0.1, -0.05) is 53.2 Å². The fourth-order valence-corrected chi connectivity index (χ4v) is 10.9. The second kappa shape index (κ2) is 6.16. The normalized spacial score (nSPS) is 56.6. The van der Waals surface area contributed by atoms with Crippen LogP contribution in [0.1, 0.15) is 106 Å². The molecular formula is C30H44O3. The molecule has 5 aliphatic carbocycles. The maximum absolute atomic E-state index is 12.9. The lowest BCUT2D eigenvalue weighted by Crippen LogP contribution is -2.64. The van der Waals surface area contributed by atoms with Gasteiger partial charge in [0.25, 0.3) is 0 Å². The van der Waals surface area contributed by atoms with E-state index in [0.29, 0.717) is 23.5 Å². The van der Waals surface area contributed by atoms with Gasteiger partial charge in [-0.3, -0.25) is 9.59 Å². The third kappa shape index (κ3) is 2.39. The van der Waals surface area contributed by atoms with Gasteiger partial charge in [-0.2, -0.15) is 0 Å². The zero-order chi connectivity index (χ0) is 23.8. The molecule has 0 spiro atoms. The summed E-state index contributed by atoms with van der Waals surface area (Å²) < 4.78 is 6.03. The predicted octanol–water partition coefficient (Wildman–Crippen LogP) is 6.89. The smallest absolute Gasteiger partial charge is 0.312 e. The summed E-state index contributed by atoms with van der Waals surface area (Å²) in [5.41, 5.74) is 1.91. The van der Waals surface area contributed by atoms with Gasteiger partial charge in [0, 0.05) is 23.7 Å². The Bertz CT molecular complexity index is 977. The molecule has 33 heavy (non-hydrogen) atoms. The number of allylic oxidation sites excluding steroid dienone is 2. The van der Waals surface area contributed by atoms with Gasteiger partial charge in [-0.15, -0.1) is 0 Å². The summed E-state index contributed by atoms with van der Waals surface area (Å²) in [6, 6.07) is 0. The maximum atomic E-state index is 12.9. The van der Waals surface area contributed by atoms with E-state index in [1.165, 1.54) is 19.3 Å². The van der Waals surface area contributed by atoms with Crippen molar-refractivity contribution in [3.05, 3.63) is 11.6 Å². The van der Waals surface area contributed by atoms with E-state index in [0.717, 1.165) is 38.5 Å². The molecule has 1 heterocycles. The number of esters is 1. The zero-order valence-electron chi connectivity index (χ0n) is 22.0. The minimum atomic E-state index is -0.302. The molecule has 1 aliphatic heterocycles. The first kappa shape index (κ1) is 22.4. The second-order valence-electron chi connectivity index (χ2n) is 14.9. The summed E-state index contributed by atoms with van der Waals surface area (Å²) in [6.07, 6.45) is 12.3. The lowest BCUT2D eigenvalue weighted by atomic mass is 9.33. The summed E-state index contributed by atoms with van der Waals surface area (Å²) in [5, 5.41) is 0. The van der Waals surface area contributed by atoms with E-state index < -0.39 is 0 Å². The lowest BCUT2D eigenvalue weighted by Gasteiger charge is -2.70. The van der Waals surface area contributed by atoms with E-state index >= 15 is 0 Å². The monoisotopic (exact) mass is 452 g/mol. The highest BCUT2D eigenvalue weighted by Crippen LogP contribution is 2.76. The fourth-order valence-electron chi connectivity index (χ4n) is 10.9. The minimum absolute atomic E-state index is 0.0486. The molecule has 0 unspecified atom stereocenters. The van der Waals surface area contributed by atoms with Gasteiger partial charge in [0.1, 0.15) is 11.9 Å². The van der Waals surface area contributed by atoms with E-state index in [1.807, 2.05) is 0 Å². The number of carbonyl (C=O) groups is 2. The number of ketones is 1. The molecule has 5 fully saturated rings. The molecule has 6 rings (SSSR count). The van der Waals surface area contributed by atoms with Crippen LogP contribution in [0.25, 0.3) is 0 Å². The van der Waals surface area contributed by atoms with Crippen LogP contribution >= 0.6 is 0 Å². The van der Waals surface area contributed by atoms with E-state index in [1.54, 1.807) is 5.57 Å². The standard InChI is InChI=1S/C30H44O3/c1-25(2)20-10-13-30(7)21(28(20,5)12-11-22(25)31)9-8-18-19-16-26(3)17-23(33-24(26)32)27(19,4)14-15-29(18,30)6/h8,19-21,23H,9-17H2,1-7H3/t19-,20-,21+,23+,26+,27+,28-,29+,30+/m0/s1. The Morgan fingerprint density at radius 2 is 1.58 bits per heavy atom. The Kier molecular flexibility index (Phi) is 4.17. The largest absolute Gasteiger partial charge is 0.461 e. The summed E-state index contributed by atoms with van der Waals surface area (Å²) in [6.45, 7) is 16.8. The van der Waals surface area contributed by atoms with Crippen molar-refractivity contribution in [1.82, 2.24) is 0 Å². The van der Waals surface area contributed by atoms with Gasteiger partial charge in [-0.25, -0.2) is 0 Å². The molecule has 4 saturated carbocycles. The highest BCUT2D eigenvalue weighted by Gasteiger charge is 2.70. The molecule has 0 amide bonds. The van der Waals surface area contributed by atoms with Crippen molar-refractivity contribution < 1.29 is 14.3 Å². The molecule has 0 radical (unpaired) electrons. The van der Waals surface area contributed by atoms with Gasteiger partial charge < -0.3 is 4.74 Å². The number of fused-ring (bicyclic) bond motifs is 10. The first-order valence-corrected chi connectivity index (χ1v) is 13.7. The molecule has 0 aromatic heterocycles. The first-order valence-electron chi connectivity index (χ1n) is 13.7. The molecule has 0 aromatic carbocycles. The van der Waals surface area contributed by atoms with Crippen LogP contribution in [0.15, 0.2) is 11.6 Å². The van der Waals surface area contributed by atoms with Gasteiger partial charge in [0.15, 0.2) is 0 Å². The number of hydrogen-bond donors (Lipinski definition) is 0. The van der Waals surface area contributed by atoms with Crippen molar-refractivity contribution in [3.63, 3.8) is 0 Å².